The van der Waals surface area contributed by atoms with Crippen molar-refractivity contribution in [1.82, 2.24) is 4.98 Å². The molecule has 100 valence electrons. The van der Waals surface area contributed by atoms with Gasteiger partial charge in [0, 0.05) is 11.1 Å². The highest BCUT2D eigenvalue weighted by Crippen LogP contribution is 2.26. The number of aromatic nitrogens is 1. The number of fused-ring (bicyclic) bond motifs is 1. The molecule has 0 spiro atoms. The third-order valence-corrected chi connectivity index (χ3v) is 3.65. The van der Waals surface area contributed by atoms with Crippen LogP contribution in [0, 0.1) is 20.8 Å². The minimum Gasteiger partial charge on any atom is -0.354 e. The number of benzene rings is 2. The summed E-state index contributed by atoms with van der Waals surface area (Å²) in [7, 11) is 0. The molecule has 0 radical (unpaired) electrons. The van der Waals surface area contributed by atoms with Crippen molar-refractivity contribution in [1.29, 1.82) is 0 Å². The molecule has 2 aromatic carbocycles. The average Bonchev–Trinajstić information content (AvgIpc) is 2.43. The van der Waals surface area contributed by atoms with E-state index in [1.807, 2.05) is 13.0 Å². The molecule has 0 aliphatic heterocycles. The van der Waals surface area contributed by atoms with Gasteiger partial charge in [0.05, 0.1) is 16.9 Å². The molecule has 0 saturated heterocycles. The van der Waals surface area contributed by atoms with Gasteiger partial charge in [-0.05, 0) is 44.0 Å². The van der Waals surface area contributed by atoms with Crippen molar-refractivity contribution in [2.75, 3.05) is 5.32 Å². The lowest BCUT2D eigenvalue weighted by Crippen LogP contribution is -1.98. The van der Waals surface area contributed by atoms with Crippen LogP contribution in [-0.2, 0) is 0 Å². The quantitative estimate of drug-likeness (QED) is 0.710. The first-order valence-electron chi connectivity index (χ1n) is 6.85. The zero-order chi connectivity index (χ0) is 14.1. The standard InChI is InChI=1S/C18H18N2/c1-12-7-4-5-10-16(12)20-17-11-15-9-6-8-13(2)18(15)19-14(17)3/h4-11,20H,1-3H3. The molecule has 0 bridgehead atoms. The van der Waals surface area contributed by atoms with Gasteiger partial charge in [-0.2, -0.15) is 0 Å². The van der Waals surface area contributed by atoms with E-state index in [0.717, 1.165) is 22.6 Å². The molecule has 1 aromatic heterocycles. The number of hydrogen-bond donors (Lipinski definition) is 1. The highest BCUT2D eigenvalue weighted by molar-refractivity contribution is 5.86. The van der Waals surface area contributed by atoms with E-state index in [4.69, 9.17) is 4.98 Å². The van der Waals surface area contributed by atoms with E-state index in [9.17, 15) is 0 Å². The predicted molar refractivity (Wildman–Crippen MR) is 85.7 cm³/mol. The Morgan fingerprint density at radius 1 is 0.800 bits per heavy atom. The highest BCUT2D eigenvalue weighted by atomic mass is 14.9. The molecule has 3 rings (SSSR count). The summed E-state index contributed by atoms with van der Waals surface area (Å²) in [6.07, 6.45) is 0. The maximum Gasteiger partial charge on any atom is 0.0735 e. The lowest BCUT2D eigenvalue weighted by Gasteiger charge is -2.13. The molecule has 0 atom stereocenters. The smallest absolute Gasteiger partial charge is 0.0735 e. The van der Waals surface area contributed by atoms with Crippen LogP contribution in [0.1, 0.15) is 16.8 Å². The average molecular weight is 262 g/mol. The SMILES string of the molecule is Cc1ccccc1Nc1cc2cccc(C)c2nc1C. The Bertz CT molecular complexity index is 775. The summed E-state index contributed by atoms with van der Waals surface area (Å²) in [5.41, 5.74) is 6.75. The van der Waals surface area contributed by atoms with Crippen molar-refractivity contribution in [2.45, 2.75) is 20.8 Å². The van der Waals surface area contributed by atoms with Crippen LogP contribution >= 0.6 is 0 Å². The van der Waals surface area contributed by atoms with Gasteiger partial charge in [0.15, 0.2) is 0 Å². The van der Waals surface area contributed by atoms with Crippen LogP contribution in [0.15, 0.2) is 48.5 Å². The van der Waals surface area contributed by atoms with Crippen molar-refractivity contribution in [3.63, 3.8) is 0 Å². The molecule has 2 nitrogen and oxygen atoms in total. The molecule has 1 heterocycles. The first-order valence-corrected chi connectivity index (χ1v) is 6.85. The third-order valence-electron chi connectivity index (χ3n) is 3.65. The van der Waals surface area contributed by atoms with E-state index < -0.39 is 0 Å². The third kappa shape index (κ3) is 2.25. The summed E-state index contributed by atoms with van der Waals surface area (Å²) in [6, 6.07) is 16.8. The van der Waals surface area contributed by atoms with Gasteiger partial charge >= 0.3 is 0 Å². The summed E-state index contributed by atoms with van der Waals surface area (Å²) < 4.78 is 0. The first kappa shape index (κ1) is 12.7. The van der Waals surface area contributed by atoms with Crippen LogP contribution in [0.5, 0.6) is 0 Å². The van der Waals surface area contributed by atoms with E-state index in [1.54, 1.807) is 0 Å². The van der Waals surface area contributed by atoms with Crippen LogP contribution in [0.4, 0.5) is 11.4 Å². The van der Waals surface area contributed by atoms with Gasteiger partial charge in [-0.3, -0.25) is 4.98 Å². The largest absolute Gasteiger partial charge is 0.354 e. The topological polar surface area (TPSA) is 24.9 Å². The number of nitrogens with zero attached hydrogens (tertiary/aromatic N) is 1. The van der Waals surface area contributed by atoms with Crippen LogP contribution < -0.4 is 5.32 Å². The molecular weight excluding hydrogens is 244 g/mol. The number of anilines is 2. The normalized spacial score (nSPS) is 10.8. The van der Waals surface area contributed by atoms with Crippen LogP contribution in [0.25, 0.3) is 10.9 Å². The van der Waals surface area contributed by atoms with Gasteiger partial charge in [-0.25, -0.2) is 0 Å². The maximum absolute atomic E-state index is 4.74. The van der Waals surface area contributed by atoms with Crippen molar-refractivity contribution in [3.05, 3.63) is 65.4 Å². The number of para-hydroxylation sites is 2. The molecule has 1 N–H and O–H groups in total. The van der Waals surface area contributed by atoms with Gasteiger partial charge < -0.3 is 5.32 Å². The van der Waals surface area contributed by atoms with Crippen molar-refractivity contribution in [2.24, 2.45) is 0 Å². The minimum atomic E-state index is 1.02. The van der Waals surface area contributed by atoms with E-state index in [2.05, 4.69) is 61.6 Å². The Hall–Kier alpha value is -2.35. The Morgan fingerprint density at radius 3 is 2.35 bits per heavy atom. The molecule has 3 aromatic rings. The Morgan fingerprint density at radius 2 is 1.55 bits per heavy atom. The maximum atomic E-state index is 4.74. The number of hydrogen-bond acceptors (Lipinski definition) is 2. The molecule has 0 unspecified atom stereocenters. The molecule has 0 amide bonds. The second-order valence-electron chi connectivity index (χ2n) is 5.21. The van der Waals surface area contributed by atoms with Gasteiger partial charge in [0.25, 0.3) is 0 Å². The number of nitrogens with one attached hydrogen (secondary N) is 1. The van der Waals surface area contributed by atoms with Crippen LogP contribution in [0.3, 0.4) is 0 Å². The van der Waals surface area contributed by atoms with Crippen LogP contribution in [-0.4, -0.2) is 4.98 Å². The lowest BCUT2D eigenvalue weighted by molar-refractivity contribution is 1.23. The Balaban J connectivity index is 2.08. The molecule has 0 fully saturated rings. The summed E-state index contributed by atoms with van der Waals surface area (Å²) in [6.45, 7) is 6.26. The van der Waals surface area contributed by atoms with Crippen LogP contribution in [0.2, 0.25) is 0 Å². The molecule has 0 aliphatic carbocycles. The number of aryl methyl sites for hydroxylation is 3. The fourth-order valence-electron chi connectivity index (χ4n) is 2.42. The number of rotatable bonds is 2. The number of pyridine rings is 1. The summed E-state index contributed by atoms with van der Waals surface area (Å²) in [5, 5.41) is 4.66. The zero-order valence-electron chi connectivity index (χ0n) is 12.1. The van der Waals surface area contributed by atoms with Crippen molar-refractivity contribution < 1.29 is 0 Å². The van der Waals surface area contributed by atoms with Gasteiger partial charge in [-0.1, -0.05) is 36.4 Å². The van der Waals surface area contributed by atoms with Gasteiger partial charge in [0.1, 0.15) is 0 Å². The van der Waals surface area contributed by atoms with E-state index in [0.29, 0.717) is 0 Å². The molecule has 20 heavy (non-hydrogen) atoms. The second kappa shape index (κ2) is 4.97. The molecule has 0 saturated carbocycles. The lowest BCUT2D eigenvalue weighted by atomic mass is 10.1. The predicted octanol–water partition coefficient (Wildman–Crippen LogP) is 4.90. The fourth-order valence-corrected chi connectivity index (χ4v) is 2.42. The zero-order valence-corrected chi connectivity index (χ0v) is 12.1. The highest BCUT2D eigenvalue weighted by Gasteiger charge is 2.06. The Kier molecular flexibility index (Phi) is 3.15. The van der Waals surface area contributed by atoms with E-state index in [-0.39, 0.29) is 0 Å². The first-order chi connectivity index (χ1) is 9.65. The van der Waals surface area contributed by atoms with Crippen molar-refractivity contribution >= 4 is 22.3 Å². The summed E-state index contributed by atoms with van der Waals surface area (Å²) in [4.78, 5) is 4.74. The van der Waals surface area contributed by atoms with E-state index >= 15 is 0 Å². The minimum absolute atomic E-state index is 1.02. The monoisotopic (exact) mass is 262 g/mol. The Labute approximate surface area is 119 Å². The van der Waals surface area contributed by atoms with Gasteiger partial charge in [-0.15, -0.1) is 0 Å². The molecule has 0 aliphatic rings. The fraction of sp³-hybridized carbons (Fsp3) is 0.167. The van der Waals surface area contributed by atoms with E-state index in [1.165, 1.54) is 16.5 Å². The summed E-state index contributed by atoms with van der Waals surface area (Å²) in [5.74, 6) is 0. The second-order valence-corrected chi connectivity index (χ2v) is 5.21. The van der Waals surface area contributed by atoms with Crippen molar-refractivity contribution in [3.8, 4) is 0 Å². The molecule has 2 heteroatoms. The summed E-state index contributed by atoms with van der Waals surface area (Å²) >= 11 is 0. The van der Waals surface area contributed by atoms with Gasteiger partial charge in [0.2, 0.25) is 0 Å². The molecular formula is C18H18N2.